The summed E-state index contributed by atoms with van der Waals surface area (Å²) in [5.74, 6) is 0. The fraction of sp³-hybridized carbons (Fsp3) is 0.0769. The first kappa shape index (κ1) is 10.9. The van der Waals surface area contributed by atoms with Crippen LogP contribution in [-0.4, -0.2) is 29.4 Å². The normalized spacial score (nSPS) is 11.4. The van der Waals surface area contributed by atoms with Crippen molar-refractivity contribution in [3.05, 3.63) is 48.7 Å². The maximum Gasteiger partial charge on any atom is 0.155 e. The summed E-state index contributed by atoms with van der Waals surface area (Å²) < 4.78 is 3.60. The van der Waals surface area contributed by atoms with E-state index in [4.69, 9.17) is 5.73 Å². The van der Waals surface area contributed by atoms with Crippen molar-refractivity contribution in [3.8, 4) is 0 Å². The van der Waals surface area contributed by atoms with E-state index in [1.165, 1.54) is 6.33 Å². The van der Waals surface area contributed by atoms with Crippen LogP contribution in [0.4, 0.5) is 5.69 Å². The van der Waals surface area contributed by atoms with Crippen LogP contribution in [-0.2, 0) is 6.54 Å². The van der Waals surface area contributed by atoms with Crippen LogP contribution in [0.25, 0.3) is 16.7 Å². The van der Waals surface area contributed by atoms with E-state index in [2.05, 4.69) is 20.2 Å². The summed E-state index contributed by atoms with van der Waals surface area (Å²) in [6.45, 7) is 0.580. The van der Waals surface area contributed by atoms with Crippen LogP contribution in [0.15, 0.2) is 43.0 Å². The van der Waals surface area contributed by atoms with E-state index in [-0.39, 0.29) is 0 Å². The Morgan fingerprint density at radius 2 is 2.10 bits per heavy atom. The Bertz CT molecular complexity index is 905. The topological polar surface area (TPSA) is 86.9 Å². The summed E-state index contributed by atoms with van der Waals surface area (Å²) in [7, 11) is 0. The van der Waals surface area contributed by atoms with Crippen molar-refractivity contribution in [2.75, 3.05) is 5.73 Å². The van der Waals surface area contributed by atoms with Crippen LogP contribution in [0, 0.1) is 0 Å². The quantitative estimate of drug-likeness (QED) is 0.586. The van der Waals surface area contributed by atoms with Gasteiger partial charge in [0.25, 0.3) is 0 Å². The number of anilines is 1. The molecule has 0 bridgehead atoms. The summed E-state index contributed by atoms with van der Waals surface area (Å²) in [5.41, 5.74) is 9.84. The molecule has 0 aliphatic heterocycles. The molecule has 0 atom stereocenters. The minimum atomic E-state index is 0.580. The fourth-order valence-electron chi connectivity index (χ4n) is 2.26. The van der Waals surface area contributed by atoms with Gasteiger partial charge in [-0.3, -0.25) is 9.67 Å². The molecule has 98 valence electrons. The molecule has 0 amide bonds. The first-order chi connectivity index (χ1) is 9.81. The van der Waals surface area contributed by atoms with Crippen molar-refractivity contribution < 1.29 is 0 Å². The molecule has 4 aromatic rings. The monoisotopic (exact) mass is 265 g/mol. The van der Waals surface area contributed by atoms with E-state index in [1.54, 1.807) is 16.8 Å². The second kappa shape index (κ2) is 4.02. The van der Waals surface area contributed by atoms with Crippen molar-refractivity contribution >= 4 is 22.4 Å². The third-order valence-electron chi connectivity index (χ3n) is 3.19. The molecule has 4 heterocycles. The Balaban J connectivity index is 1.81. The van der Waals surface area contributed by atoms with E-state index in [1.807, 2.05) is 29.1 Å². The highest BCUT2D eigenvalue weighted by Gasteiger charge is 2.07. The number of hydrogen-bond donors (Lipinski definition) is 1. The molecular formula is C13H11N7. The Hall–Kier alpha value is -2.96. The second-order valence-electron chi connectivity index (χ2n) is 4.51. The molecule has 0 unspecified atom stereocenters. The number of fused-ring (bicyclic) bond motifs is 2. The van der Waals surface area contributed by atoms with E-state index < -0.39 is 0 Å². The number of nitrogens with two attached hydrogens (primary N) is 1. The molecule has 7 heteroatoms. The SMILES string of the molecule is Nc1ccnc2cn(Cc3cccc4ncnn34)nc12. The van der Waals surface area contributed by atoms with Gasteiger partial charge in [-0.1, -0.05) is 6.07 Å². The molecule has 7 nitrogen and oxygen atoms in total. The molecule has 4 aromatic heterocycles. The molecular weight excluding hydrogens is 254 g/mol. The van der Waals surface area contributed by atoms with Crippen LogP contribution >= 0.6 is 0 Å². The number of hydrogen-bond acceptors (Lipinski definition) is 5. The highest BCUT2D eigenvalue weighted by atomic mass is 15.3. The summed E-state index contributed by atoms with van der Waals surface area (Å²) >= 11 is 0. The standard InChI is InChI=1S/C13H11N7/c14-10-4-5-15-11-7-19(18-13(10)11)6-9-2-1-3-12-16-8-17-20(9)12/h1-5,7-8H,6,14H2. The molecule has 0 saturated heterocycles. The molecule has 0 saturated carbocycles. The van der Waals surface area contributed by atoms with Crippen molar-refractivity contribution in [2.45, 2.75) is 6.54 Å². The van der Waals surface area contributed by atoms with E-state index in [0.717, 1.165) is 22.4 Å². The molecule has 0 aliphatic carbocycles. The number of nitrogens with zero attached hydrogens (tertiary/aromatic N) is 6. The summed E-state index contributed by atoms with van der Waals surface area (Å²) in [4.78, 5) is 8.43. The zero-order chi connectivity index (χ0) is 13.5. The Morgan fingerprint density at radius 1 is 1.15 bits per heavy atom. The lowest BCUT2D eigenvalue weighted by Crippen LogP contribution is -2.06. The molecule has 0 spiro atoms. The smallest absolute Gasteiger partial charge is 0.155 e. The summed E-state index contributed by atoms with van der Waals surface area (Å²) in [5, 5.41) is 8.68. The van der Waals surface area contributed by atoms with Crippen molar-refractivity contribution in [1.29, 1.82) is 0 Å². The van der Waals surface area contributed by atoms with Crippen LogP contribution < -0.4 is 5.73 Å². The van der Waals surface area contributed by atoms with E-state index in [0.29, 0.717) is 12.2 Å². The predicted molar refractivity (Wildman–Crippen MR) is 74.0 cm³/mol. The van der Waals surface area contributed by atoms with E-state index in [9.17, 15) is 0 Å². The zero-order valence-electron chi connectivity index (χ0n) is 10.5. The Labute approximate surface area is 113 Å². The molecule has 20 heavy (non-hydrogen) atoms. The first-order valence-corrected chi connectivity index (χ1v) is 6.16. The van der Waals surface area contributed by atoms with Gasteiger partial charge in [-0.2, -0.15) is 10.2 Å². The second-order valence-corrected chi connectivity index (χ2v) is 4.51. The average molecular weight is 265 g/mol. The van der Waals surface area contributed by atoms with Gasteiger partial charge in [0.15, 0.2) is 5.65 Å². The minimum Gasteiger partial charge on any atom is -0.397 e. The zero-order valence-corrected chi connectivity index (χ0v) is 10.5. The van der Waals surface area contributed by atoms with Crippen molar-refractivity contribution in [1.82, 2.24) is 29.4 Å². The highest BCUT2D eigenvalue weighted by Crippen LogP contribution is 2.16. The van der Waals surface area contributed by atoms with Crippen LogP contribution in [0.1, 0.15) is 5.69 Å². The number of aromatic nitrogens is 6. The lowest BCUT2D eigenvalue weighted by atomic mass is 10.3. The van der Waals surface area contributed by atoms with Gasteiger partial charge in [-0.25, -0.2) is 9.50 Å². The minimum absolute atomic E-state index is 0.580. The molecule has 0 aliphatic rings. The third kappa shape index (κ3) is 1.60. The predicted octanol–water partition coefficient (Wildman–Crippen LogP) is 1.10. The number of rotatable bonds is 2. The van der Waals surface area contributed by atoms with Gasteiger partial charge in [0, 0.05) is 6.20 Å². The Kier molecular flexibility index (Phi) is 2.19. The van der Waals surface area contributed by atoms with Crippen LogP contribution in [0.5, 0.6) is 0 Å². The third-order valence-corrected chi connectivity index (χ3v) is 3.19. The summed E-state index contributed by atoms with van der Waals surface area (Å²) in [6.07, 6.45) is 5.10. The van der Waals surface area contributed by atoms with Gasteiger partial charge in [0.2, 0.25) is 0 Å². The fourth-order valence-corrected chi connectivity index (χ4v) is 2.26. The maximum absolute atomic E-state index is 5.89. The van der Waals surface area contributed by atoms with Crippen LogP contribution in [0.2, 0.25) is 0 Å². The van der Waals surface area contributed by atoms with Crippen molar-refractivity contribution in [2.24, 2.45) is 0 Å². The van der Waals surface area contributed by atoms with Crippen LogP contribution in [0.3, 0.4) is 0 Å². The lowest BCUT2D eigenvalue weighted by Gasteiger charge is -2.03. The van der Waals surface area contributed by atoms with E-state index >= 15 is 0 Å². The van der Waals surface area contributed by atoms with Gasteiger partial charge in [-0.05, 0) is 18.2 Å². The molecule has 0 radical (unpaired) electrons. The molecule has 0 fully saturated rings. The average Bonchev–Trinajstić information content (AvgIpc) is 3.06. The first-order valence-electron chi connectivity index (χ1n) is 6.16. The largest absolute Gasteiger partial charge is 0.397 e. The number of pyridine rings is 2. The lowest BCUT2D eigenvalue weighted by molar-refractivity contribution is 0.661. The summed E-state index contributed by atoms with van der Waals surface area (Å²) in [6, 6.07) is 7.60. The number of nitrogen functional groups attached to an aromatic ring is 1. The molecule has 4 rings (SSSR count). The Morgan fingerprint density at radius 3 is 3.00 bits per heavy atom. The maximum atomic E-state index is 5.89. The van der Waals surface area contributed by atoms with Gasteiger partial charge in [0.05, 0.1) is 24.1 Å². The highest BCUT2D eigenvalue weighted by molar-refractivity contribution is 5.85. The van der Waals surface area contributed by atoms with Gasteiger partial charge < -0.3 is 5.73 Å². The molecule has 2 N–H and O–H groups in total. The van der Waals surface area contributed by atoms with Gasteiger partial charge in [0.1, 0.15) is 17.4 Å². The van der Waals surface area contributed by atoms with Crippen molar-refractivity contribution in [3.63, 3.8) is 0 Å². The van der Waals surface area contributed by atoms with Gasteiger partial charge in [-0.15, -0.1) is 0 Å². The molecule has 0 aromatic carbocycles. The van der Waals surface area contributed by atoms with Gasteiger partial charge >= 0.3 is 0 Å².